The Balaban J connectivity index is 1.87. The molecule has 0 amide bonds. The molecule has 1 fully saturated rings. The highest BCUT2D eigenvalue weighted by atomic mass is 16.3. The Morgan fingerprint density at radius 3 is 1.76 bits per heavy atom. The number of hydrogen-bond donors (Lipinski definition) is 1. The summed E-state index contributed by atoms with van der Waals surface area (Å²) < 4.78 is 0. The van der Waals surface area contributed by atoms with Gasteiger partial charge in [-0.25, -0.2) is 0 Å². The number of benzene rings is 2. The molecule has 2 nitrogen and oxygen atoms in total. The molecule has 1 N–H and O–H groups in total. The number of piperidine rings is 1. The van der Waals surface area contributed by atoms with E-state index in [2.05, 4.69) is 65.6 Å². The van der Waals surface area contributed by atoms with E-state index in [0.29, 0.717) is 18.6 Å². The van der Waals surface area contributed by atoms with Crippen LogP contribution in [0.25, 0.3) is 0 Å². The molecule has 2 heteroatoms. The molecule has 0 unspecified atom stereocenters. The van der Waals surface area contributed by atoms with Gasteiger partial charge in [0.1, 0.15) is 0 Å². The van der Waals surface area contributed by atoms with E-state index in [1.807, 2.05) is 0 Å². The average molecular weight is 281 g/mol. The number of nitrogens with zero attached hydrogens (tertiary/aromatic N) is 1. The van der Waals surface area contributed by atoms with Crippen molar-refractivity contribution in [3.63, 3.8) is 0 Å². The summed E-state index contributed by atoms with van der Waals surface area (Å²) in [6.45, 7) is 2.44. The fourth-order valence-electron chi connectivity index (χ4n) is 3.28. The van der Waals surface area contributed by atoms with Crippen molar-refractivity contribution in [3.05, 3.63) is 71.8 Å². The van der Waals surface area contributed by atoms with E-state index < -0.39 is 0 Å². The van der Waals surface area contributed by atoms with Crippen LogP contribution in [-0.2, 0) is 0 Å². The molecule has 110 valence electrons. The summed E-state index contributed by atoms with van der Waals surface area (Å²) in [6, 6.07) is 21.8. The predicted octanol–water partition coefficient (Wildman–Crippen LogP) is 3.48. The second kappa shape index (κ2) is 6.88. The van der Waals surface area contributed by atoms with Crippen LogP contribution in [0.2, 0.25) is 0 Å². The summed E-state index contributed by atoms with van der Waals surface area (Å²) in [5.74, 6) is 0.480. The monoisotopic (exact) mass is 281 g/mol. The minimum Gasteiger partial charge on any atom is -0.396 e. The first kappa shape index (κ1) is 14.3. The Bertz CT molecular complexity index is 493. The quantitative estimate of drug-likeness (QED) is 0.927. The van der Waals surface area contributed by atoms with E-state index in [9.17, 15) is 5.11 Å². The molecular formula is C19H23NO. The fourth-order valence-corrected chi connectivity index (χ4v) is 3.28. The van der Waals surface area contributed by atoms with Gasteiger partial charge in [-0.15, -0.1) is 0 Å². The Labute approximate surface area is 127 Å². The van der Waals surface area contributed by atoms with Crippen molar-refractivity contribution < 1.29 is 5.11 Å². The van der Waals surface area contributed by atoms with E-state index in [4.69, 9.17) is 0 Å². The molecule has 0 aromatic heterocycles. The maximum absolute atomic E-state index is 9.33. The van der Waals surface area contributed by atoms with Crippen molar-refractivity contribution in [3.8, 4) is 0 Å². The Morgan fingerprint density at radius 2 is 1.33 bits per heavy atom. The molecule has 0 radical (unpaired) electrons. The van der Waals surface area contributed by atoms with E-state index in [0.717, 1.165) is 25.9 Å². The van der Waals surface area contributed by atoms with Gasteiger partial charge in [0.2, 0.25) is 0 Å². The molecule has 1 saturated heterocycles. The highest BCUT2D eigenvalue weighted by molar-refractivity contribution is 5.31. The summed E-state index contributed by atoms with van der Waals surface area (Å²) in [6.07, 6.45) is 2.18. The SMILES string of the molecule is OCC1CCN(C(c2ccccc2)c2ccccc2)CC1. The summed E-state index contributed by atoms with van der Waals surface area (Å²) in [7, 11) is 0. The van der Waals surface area contributed by atoms with Crippen LogP contribution in [0.1, 0.15) is 30.0 Å². The van der Waals surface area contributed by atoms with E-state index in [1.165, 1.54) is 11.1 Å². The molecule has 1 heterocycles. The zero-order chi connectivity index (χ0) is 14.5. The van der Waals surface area contributed by atoms with Crippen LogP contribution >= 0.6 is 0 Å². The normalized spacial score (nSPS) is 17.2. The van der Waals surface area contributed by atoms with Crippen LogP contribution in [-0.4, -0.2) is 29.7 Å². The molecule has 0 bridgehead atoms. The van der Waals surface area contributed by atoms with Gasteiger partial charge < -0.3 is 5.11 Å². The first-order valence-corrected chi connectivity index (χ1v) is 7.83. The first-order chi connectivity index (χ1) is 10.4. The van der Waals surface area contributed by atoms with E-state index in [-0.39, 0.29) is 0 Å². The number of hydrogen-bond acceptors (Lipinski definition) is 2. The van der Waals surface area contributed by atoms with Crippen LogP contribution < -0.4 is 0 Å². The zero-order valence-corrected chi connectivity index (χ0v) is 12.4. The van der Waals surface area contributed by atoms with E-state index in [1.54, 1.807) is 0 Å². The largest absolute Gasteiger partial charge is 0.396 e. The molecule has 1 aliphatic rings. The predicted molar refractivity (Wildman–Crippen MR) is 86.1 cm³/mol. The van der Waals surface area contributed by atoms with Gasteiger partial charge >= 0.3 is 0 Å². The molecule has 0 spiro atoms. The second-order valence-corrected chi connectivity index (χ2v) is 5.89. The summed E-state index contributed by atoms with van der Waals surface area (Å²) in [5, 5.41) is 9.33. The van der Waals surface area contributed by atoms with Gasteiger partial charge in [0, 0.05) is 6.61 Å². The zero-order valence-electron chi connectivity index (χ0n) is 12.4. The third kappa shape index (κ3) is 3.34. The van der Waals surface area contributed by atoms with Gasteiger partial charge in [-0.2, -0.15) is 0 Å². The first-order valence-electron chi connectivity index (χ1n) is 7.83. The average Bonchev–Trinajstić information content (AvgIpc) is 2.58. The Morgan fingerprint density at radius 1 is 0.857 bits per heavy atom. The molecule has 2 aromatic rings. The smallest absolute Gasteiger partial charge is 0.0601 e. The van der Waals surface area contributed by atoms with Crippen LogP contribution in [0, 0.1) is 5.92 Å². The van der Waals surface area contributed by atoms with Crippen LogP contribution in [0.15, 0.2) is 60.7 Å². The van der Waals surface area contributed by atoms with Crippen LogP contribution in [0.5, 0.6) is 0 Å². The van der Waals surface area contributed by atoms with Crippen LogP contribution in [0.4, 0.5) is 0 Å². The lowest BCUT2D eigenvalue weighted by Crippen LogP contribution is -2.38. The molecular weight excluding hydrogens is 258 g/mol. The van der Waals surface area contributed by atoms with Gasteiger partial charge in [0.05, 0.1) is 6.04 Å². The molecule has 0 saturated carbocycles. The second-order valence-electron chi connectivity index (χ2n) is 5.89. The lowest BCUT2D eigenvalue weighted by Gasteiger charge is -2.37. The summed E-state index contributed by atoms with van der Waals surface area (Å²) in [4.78, 5) is 2.55. The number of aliphatic hydroxyl groups is 1. The van der Waals surface area contributed by atoms with Gasteiger partial charge in [-0.1, -0.05) is 60.7 Å². The number of likely N-dealkylation sites (tertiary alicyclic amines) is 1. The molecule has 1 aliphatic heterocycles. The van der Waals surface area contributed by atoms with Gasteiger partial charge in [-0.3, -0.25) is 4.90 Å². The van der Waals surface area contributed by atoms with Crippen molar-refractivity contribution in [2.24, 2.45) is 5.92 Å². The van der Waals surface area contributed by atoms with Crippen molar-refractivity contribution in [1.29, 1.82) is 0 Å². The number of aliphatic hydroxyl groups excluding tert-OH is 1. The third-order valence-electron chi connectivity index (χ3n) is 4.50. The fraction of sp³-hybridized carbons (Fsp3) is 0.368. The van der Waals surface area contributed by atoms with Gasteiger partial charge in [0.25, 0.3) is 0 Å². The highest BCUT2D eigenvalue weighted by Crippen LogP contribution is 2.32. The minimum absolute atomic E-state index is 0.326. The van der Waals surface area contributed by atoms with Gasteiger partial charge in [-0.05, 0) is 43.0 Å². The molecule has 3 rings (SSSR count). The van der Waals surface area contributed by atoms with E-state index >= 15 is 0 Å². The van der Waals surface area contributed by atoms with Gasteiger partial charge in [0.15, 0.2) is 0 Å². The molecule has 2 aromatic carbocycles. The van der Waals surface area contributed by atoms with Crippen LogP contribution in [0.3, 0.4) is 0 Å². The topological polar surface area (TPSA) is 23.5 Å². The molecule has 0 aliphatic carbocycles. The standard InChI is InChI=1S/C19H23NO/c21-15-16-11-13-20(14-12-16)19(17-7-3-1-4-8-17)18-9-5-2-6-10-18/h1-10,16,19,21H,11-15H2. The minimum atomic E-state index is 0.326. The molecule has 21 heavy (non-hydrogen) atoms. The highest BCUT2D eigenvalue weighted by Gasteiger charge is 2.26. The lowest BCUT2D eigenvalue weighted by molar-refractivity contribution is 0.112. The molecule has 0 atom stereocenters. The Hall–Kier alpha value is -1.64. The number of rotatable bonds is 4. The van der Waals surface area contributed by atoms with Crippen molar-refractivity contribution in [2.75, 3.05) is 19.7 Å². The third-order valence-corrected chi connectivity index (χ3v) is 4.50. The maximum Gasteiger partial charge on any atom is 0.0601 e. The van der Waals surface area contributed by atoms with Crippen molar-refractivity contribution >= 4 is 0 Å². The van der Waals surface area contributed by atoms with Crippen molar-refractivity contribution in [1.82, 2.24) is 4.90 Å². The maximum atomic E-state index is 9.33. The Kier molecular flexibility index (Phi) is 4.69. The lowest BCUT2D eigenvalue weighted by atomic mass is 9.92. The summed E-state index contributed by atoms with van der Waals surface area (Å²) in [5.41, 5.74) is 2.71. The summed E-state index contributed by atoms with van der Waals surface area (Å²) >= 11 is 0. The van der Waals surface area contributed by atoms with Crippen molar-refractivity contribution in [2.45, 2.75) is 18.9 Å².